The van der Waals surface area contributed by atoms with Crippen LogP contribution in [-0.2, 0) is 9.53 Å². The molecule has 1 aliphatic heterocycles. The van der Waals surface area contributed by atoms with Crippen molar-refractivity contribution in [3.63, 3.8) is 0 Å². The predicted octanol–water partition coefficient (Wildman–Crippen LogP) is 2.63. The quantitative estimate of drug-likeness (QED) is 0.877. The van der Waals surface area contributed by atoms with Gasteiger partial charge in [0.15, 0.2) is 0 Å². The van der Waals surface area contributed by atoms with Crippen molar-refractivity contribution in [2.24, 2.45) is 5.92 Å². The summed E-state index contributed by atoms with van der Waals surface area (Å²) in [6.45, 7) is 9.45. The van der Waals surface area contributed by atoms with E-state index in [-0.39, 0.29) is 30.1 Å². The first kappa shape index (κ1) is 15.5. The second-order valence-electron chi connectivity index (χ2n) is 5.60. The van der Waals surface area contributed by atoms with E-state index < -0.39 is 0 Å². The van der Waals surface area contributed by atoms with Gasteiger partial charge in [0.1, 0.15) is 6.17 Å². The van der Waals surface area contributed by atoms with Crippen molar-refractivity contribution in [3.8, 4) is 0 Å². The van der Waals surface area contributed by atoms with Gasteiger partial charge in [-0.3, -0.25) is 10.1 Å². The van der Waals surface area contributed by atoms with Gasteiger partial charge in [0.05, 0.1) is 18.7 Å². The smallest absolute Gasteiger partial charge is 0.241 e. The number of hydrogen-bond acceptors (Lipinski definition) is 4. The standard InChI is InChI=1S/C15H24N2O2S/c1-5-19-8-11(4)17-14(12-6-7-20-9-12)16-13(10(2)3)15(17)18/h6-7,9-11,13-14,16H,5,8H2,1-4H3. The topological polar surface area (TPSA) is 41.6 Å². The molecule has 3 unspecified atom stereocenters. The zero-order valence-electron chi connectivity index (χ0n) is 12.6. The highest BCUT2D eigenvalue weighted by Crippen LogP contribution is 2.31. The third kappa shape index (κ3) is 3.05. The fourth-order valence-corrected chi connectivity index (χ4v) is 3.29. The third-order valence-corrected chi connectivity index (χ3v) is 4.40. The molecule has 1 aromatic rings. The number of rotatable bonds is 6. The summed E-state index contributed by atoms with van der Waals surface area (Å²) in [5.74, 6) is 0.469. The number of carbonyl (C=O) groups is 1. The molecule has 1 fully saturated rings. The minimum atomic E-state index is -0.107. The summed E-state index contributed by atoms with van der Waals surface area (Å²) in [5, 5.41) is 7.63. The zero-order chi connectivity index (χ0) is 14.7. The van der Waals surface area contributed by atoms with Gasteiger partial charge in [0, 0.05) is 6.61 Å². The maximum Gasteiger partial charge on any atom is 0.241 e. The molecule has 20 heavy (non-hydrogen) atoms. The van der Waals surface area contributed by atoms with E-state index in [9.17, 15) is 4.79 Å². The molecule has 4 nitrogen and oxygen atoms in total. The lowest BCUT2D eigenvalue weighted by Gasteiger charge is -2.30. The number of carbonyl (C=O) groups excluding carboxylic acids is 1. The number of nitrogens with one attached hydrogen (secondary N) is 1. The summed E-state index contributed by atoms with van der Waals surface area (Å²) < 4.78 is 5.50. The van der Waals surface area contributed by atoms with Gasteiger partial charge in [0.25, 0.3) is 0 Å². The van der Waals surface area contributed by atoms with Crippen molar-refractivity contribution < 1.29 is 9.53 Å². The van der Waals surface area contributed by atoms with Gasteiger partial charge in [-0.1, -0.05) is 13.8 Å². The Morgan fingerprint density at radius 1 is 1.45 bits per heavy atom. The number of thiophene rings is 1. The zero-order valence-corrected chi connectivity index (χ0v) is 13.4. The molecule has 0 aromatic carbocycles. The van der Waals surface area contributed by atoms with Crippen molar-refractivity contribution in [1.29, 1.82) is 0 Å². The lowest BCUT2D eigenvalue weighted by Crippen LogP contribution is -2.41. The van der Waals surface area contributed by atoms with Crippen LogP contribution in [0.5, 0.6) is 0 Å². The number of hydrogen-bond donors (Lipinski definition) is 1. The van der Waals surface area contributed by atoms with Gasteiger partial charge >= 0.3 is 0 Å². The minimum Gasteiger partial charge on any atom is -0.380 e. The van der Waals surface area contributed by atoms with Crippen LogP contribution < -0.4 is 5.32 Å². The Hall–Kier alpha value is -0.910. The maximum atomic E-state index is 12.7. The first-order chi connectivity index (χ1) is 9.56. The molecular weight excluding hydrogens is 272 g/mol. The monoisotopic (exact) mass is 296 g/mol. The molecular formula is C15H24N2O2S. The Morgan fingerprint density at radius 2 is 2.20 bits per heavy atom. The molecule has 1 aliphatic rings. The first-order valence-electron chi connectivity index (χ1n) is 7.24. The van der Waals surface area contributed by atoms with Crippen LogP contribution in [0.1, 0.15) is 39.4 Å². The van der Waals surface area contributed by atoms with Gasteiger partial charge in [-0.25, -0.2) is 0 Å². The number of amides is 1. The van der Waals surface area contributed by atoms with E-state index in [1.807, 2.05) is 11.8 Å². The fourth-order valence-electron chi connectivity index (χ4n) is 2.61. The van der Waals surface area contributed by atoms with Crippen molar-refractivity contribution in [3.05, 3.63) is 22.4 Å². The second kappa shape index (κ2) is 6.70. The average molecular weight is 296 g/mol. The summed E-state index contributed by atoms with van der Waals surface area (Å²) in [6, 6.07) is 2.05. The van der Waals surface area contributed by atoms with E-state index in [0.29, 0.717) is 13.2 Å². The summed E-state index contributed by atoms with van der Waals surface area (Å²) in [4.78, 5) is 14.6. The maximum absolute atomic E-state index is 12.7. The summed E-state index contributed by atoms with van der Waals surface area (Å²) in [7, 11) is 0. The molecule has 3 atom stereocenters. The van der Waals surface area contributed by atoms with E-state index in [1.54, 1.807) is 11.3 Å². The highest BCUT2D eigenvalue weighted by molar-refractivity contribution is 7.07. The largest absolute Gasteiger partial charge is 0.380 e. The Morgan fingerprint density at radius 3 is 2.75 bits per heavy atom. The van der Waals surface area contributed by atoms with Crippen LogP contribution in [0.25, 0.3) is 0 Å². The van der Waals surface area contributed by atoms with Crippen LogP contribution in [0.3, 0.4) is 0 Å². The molecule has 1 saturated heterocycles. The fraction of sp³-hybridized carbons (Fsp3) is 0.667. The lowest BCUT2D eigenvalue weighted by atomic mass is 10.0. The molecule has 0 saturated carbocycles. The molecule has 0 aliphatic carbocycles. The molecule has 1 aromatic heterocycles. The predicted molar refractivity (Wildman–Crippen MR) is 81.6 cm³/mol. The van der Waals surface area contributed by atoms with Gasteiger partial charge in [0.2, 0.25) is 5.91 Å². The third-order valence-electron chi connectivity index (χ3n) is 3.70. The van der Waals surface area contributed by atoms with Gasteiger partial charge < -0.3 is 9.64 Å². The molecule has 2 rings (SSSR count). The van der Waals surface area contributed by atoms with Crippen LogP contribution in [-0.4, -0.2) is 36.1 Å². The second-order valence-corrected chi connectivity index (χ2v) is 6.38. The van der Waals surface area contributed by atoms with E-state index in [2.05, 4.69) is 42.9 Å². The Bertz CT molecular complexity index is 433. The minimum absolute atomic E-state index is 0.0309. The normalized spacial score (nSPS) is 24.6. The van der Waals surface area contributed by atoms with Gasteiger partial charge in [-0.15, -0.1) is 0 Å². The van der Waals surface area contributed by atoms with Crippen LogP contribution in [0.15, 0.2) is 16.8 Å². The van der Waals surface area contributed by atoms with Crippen molar-refractivity contribution in [1.82, 2.24) is 10.2 Å². The van der Waals surface area contributed by atoms with Crippen molar-refractivity contribution in [2.45, 2.75) is 45.9 Å². The molecule has 5 heteroatoms. The molecule has 1 N–H and O–H groups in total. The molecule has 0 spiro atoms. The molecule has 2 heterocycles. The van der Waals surface area contributed by atoms with Crippen LogP contribution in [0.2, 0.25) is 0 Å². The summed E-state index contributed by atoms with van der Waals surface area (Å²) in [6.07, 6.45) is -0.0309. The summed E-state index contributed by atoms with van der Waals surface area (Å²) in [5.41, 5.74) is 1.16. The van der Waals surface area contributed by atoms with E-state index >= 15 is 0 Å². The van der Waals surface area contributed by atoms with Crippen molar-refractivity contribution in [2.75, 3.05) is 13.2 Å². The Balaban J connectivity index is 2.21. The molecule has 1 amide bonds. The highest BCUT2D eigenvalue weighted by Gasteiger charge is 2.43. The van der Waals surface area contributed by atoms with Gasteiger partial charge in [-0.2, -0.15) is 11.3 Å². The van der Waals surface area contributed by atoms with Crippen LogP contribution in [0, 0.1) is 5.92 Å². The van der Waals surface area contributed by atoms with Crippen LogP contribution in [0.4, 0.5) is 0 Å². The summed E-state index contributed by atoms with van der Waals surface area (Å²) >= 11 is 1.66. The van der Waals surface area contributed by atoms with Gasteiger partial charge in [-0.05, 0) is 42.2 Å². The number of ether oxygens (including phenoxy) is 1. The van der Waals surface area contributed by atoms with Crippen molar-refractivity contribution >= 4 is 17.2 Å². The van der Waals surface area contributed by atoms with Crippen LogP contribution >= 0.6 is 11.3 Å². The number of nitrogens with zero attached hydrogens (tertiary/aromatic N) is 1. The first-order valence-corrected chi connectivity index (χ1v) is 8.18. The SMILES string of the molecule is CCOCC(C)N1C(=O)C(C(C)C)NC1c1ccsc1. The Labute approximate surface area is 125 Å². The lowest BCUT2D eigenvalue weighted by molar-refractivity contribution is -0.134. The highest BCUT2D eigenvalue weighted by atomic mass is 32.1. The Kier molecular flexibility index (Phi) is 5.18. The van der Waals surface area contributed by atoms with E-state index in [0.717, 1.165) is 5.56 Å². The molecule has 112 valence electrons. The molecule has 0 bridgehead atoms. The van der Waals surface area contributed by atoms with E-state index in [1.165, 1.54) is 0 Å². The van der Waals surface area contributed by atoms with E-state index in [4.69, 9.17) is 4.74 Å². The molecule has 0 radical (unpaired) electrons. The average Bonchev–Trinajstić information content (AvgIpc) is 3.02.